The predicted octanol–water partition coefficient (Wildman–Crippen LogP) is 8.37. The third kappa shape index (κ3) is 4.59. The lowest BCUT2D eigenvalue weighted by Crippen LogP contribution is -2.04. The van der Waals surface area contributed by atoms with Gasteiger partial charge in [0, 0.05) is 53.4 Å². The molecule has 3 nitrogen and oxygen atoms in total. The van der Waals surface area contributed by atoms with E-state index in [2.05, 4.69) is 52.7 Å². The number of ether oxygens (including phenoxy) is 1. The Balaban J connectivity index is 1.68. The van der Waals surface area contributed by atoms with Crippen molar-refractivity contribution in [3.05, 3.63) is 45.9 Å². The number of thiocarbonyl (C=S) groups is 1. The minimum Gasteiger partial charge on any atom is -0.490 e. The maximum absolute atomic E-state index is 5.92. The summed E-state index contributed by atoms with van der Waals surface area (Å²) in [5.74, 6) is 0. The SMILES string of the molecule is CCCCCn1cc2ccc3cn(CCCCCC(=S)OC)c(=S)c4ccc(c1=S)c2c34. The highest BCUT2D eigenvalue weighted by Gasteiger charge is 2.13. The van der Waals surface area contributed by atoms with Crippen molar-refractivity contribution in [2.75, 3.05) is 7.11 Å². The number of hydrogen-bond acceptors (Lipinski definition) is 4. The Kier molecular flexibility index (Phi) is 7.54. The van der Waals surface area contributed by atoms with Gasteiger partial charge in [0.05, 0.1) is 7.11 Å². The molecule has 4 aromatic rings. The molecule has 0 radical (unpaired) electrons. The Morgan fingerprint density at radius 1 is 0.781 bits per heavy atom. The Hall–Kier alpha value is -1.89. The second-order valence-corrected chi connectivity index (χ2v) is 9.73. The fourth-order valence-corrected chi connectivity index (χ4v) is 5.35. The van der Waals surface area contributed by atoms with E-state index in [0.717, 1.165) is 65.2 Å². The van der Waals surface area contributed by atoms with E-state index in [0.29, 0.717) is 5.05 Å². The average Bonchev–Trinajstić information content (AvgIpc) is 2.81. The van der Waals surface area contributed by atoms with Gasteiger partial charge < -0.3 is 13.9 Å². The predicted molar refractivity (Wildman–Crippen MR) is 145 cm³/mol. The van der Waals surface area contributed by atoms with Gasteiger partial charge >= 0.3 is 0 Å². The summed E-state index contributed by atoms with van der Waals surface area (Å²) >= 11 is 16.9. The van der Waals surface area contributed by atoms with Crippen molar-refractivity contribution in [3.63, 3.8) is 0 Å². The molecule has 6 heteroatoms. The van der Waals surface area contributed by atoms with Crippen LogP contribution in [-0.2, 0) is 17.8 Å². The Morgan fingerprint density at radius 2 is 1.31 bits per heavy atom. The van der Waals surface area contributed by atoms with E-state index in [1.807, 2.05) is 0 Å². The van der Waals surface area contributed by atoms with E-state index in [-0.39, 0.29) is 0 Å². The van der Waals surface area contributed by atoms with Crippen LogP contribution in [-0.4, -0.2) is 21.3 Å². The standard InChI is InChI=1S/C26H30N2OS3/c1-3-4-7-14-27-16-18-10-11-19-17-28(15-8-5-6-9-22(30)29-2)26(32)21-13-12-20(25(27)31)23(18)24(19)21/h10-13,16-17H,3-9,14-15H2,1-2H3. The average molecular weight is 483 g/mol. The molecule has 32 heavy (non-hydrogen) atoms. The topological polar surface area (TPSA) is 19.1 Å². The number of aromatic nitrogens is 2. The normalized spacial score (nSPS) is 11.7. The second-order valence-electron chi connectivity index (χ2n) is 8.50. The molecule has 0 N–H and O–H groups in total. The van der Waals surface area contributed by atoms with Gasteiger partial charge in [-0.1, -0.05) is 74.9 Å². The molecule has 0 aliphatic heterocycles. The first-order valence-electron chi connectivity index (χ1n) is 11.5. The fraction of sp³-hybridized carbons (Fsp3) is 0.423. The van der Waals surface area contributed by atoms with Crippen LogP contribution in [0.1, 0.15) is 51.9 Å². The van der Waals surface area contributed by atoms with Gasteiger partial charge in [-0.05, 0) is 42.3 Å². The molecule has 2 heterocycles. The van der Waals surface area contributed by atoms with Gasteiger partial charge in [0.2, 0.25) is 0 Å². The molecule has 2 aromatic heterocycles. The molecule has 0 atom stereocenters. The number of benzene rings is 2. The fourth-order valence-electron chi connectivity index (χ4n) is 4.58. The minimum atomic E-state index is 0.692. The summed E-state index contributed by atoms with van der Waals surface area (Å²) in [4.78, 5) is 0. The highest BCUT2D eigenvalue weighted by atomic mass is 32.1. The lowest BCUT2D eigenvalue weighted by molar-refractivity contribution is 0.398. The number of nitrogens with zero attached hydrogens (tertiary/aromatic N) is 2. The second kappa shape index (κ2) is 10.4. The van der Waals surface area contributed by atoms with Gasteiger partial charge in [-0.25, -0.2) is 0 Å². The maximum Gasteiger partial charge on any atom is 0.159 e. The summed E-state index contributed by atoms with van der Waals surface area (Å²) in [6.45, 7) is 4.12. The number of hydrogen-bond donors (Lipinski definition) is 0. The molecule has 0 amide bonds. The lowest BCUT2D eigenvalue weighted by Gasteiger charge is -2.17. The number of aryl methyl sites for hydroxylation is 2. The smallest absolute Gasteiger partial charge is 0.159 e. The van der Waals surface area contributed by atoms with E-state index in [4.69, 9.17) is 41.4 Å². The van der Waals surface area contributed by atoms with Crippen LogP contribution >= 0.6 is 36.7 Å². The molecule has 0 fully saturated rings. The van der Waals surface area contributed by atoms with Gasteiger partial charge in [0.25, 0.3) is 0 Å². The number of methoxy groups -OCH3 is 1. The van der Waals surface area contributed by atoms with Crippen LogP contribution in [0.15, 0.2) is 36.7 Å². The van der Waals surface area contributed by atoms with Crippen LogP contribution in [0.3, 0.4) is 0 Å². The summed E-state index contributed by atoms with van der Waals surface area (Å²) in [6.07, 6.45) is 12.1. The van der Waals surface area contributed by atoms with Crippen LogP contribution in [0.2, 0.25) is 0 Å². The quantitative estimate of drug-likeness (QED) is 0.128. The molecular weight excluding hydrogens is 453 g/mol. The molecule has 168 valence electrons. The zero-order chi connectivity index (χ0) is 22.7. The monoisotopic (exact) mass is 482 g/mol. The third-order valence-corrected chi connectivity index (χ3v) is 7.59. The molecule has 0 bridgehead atoms. The Morgan fingerprint density at radius 3 is 1.81 bits per heavy atom. The largest absolute Gasteiger partial charge is 0.490 e. The zero-order valence-electron chi connectivity index (χ0n) is 18.9. The van der Waals surface area contributed by atoms with Crippen molar-refractivity contribution in [2.24, 2.45) is 0 Å². The first kappa shape index (κ1) is 23.3. The maximum atomic E-state index is 5.92. The van der Waals surface area contributed by atoms with E-state index < -0.39 is 0 Å². The minimum absolute atomic E-state index is 0.692. The van der Waals surface area contributed by atoms with Gasteiger partial charge in [0.15, 0.2) is 5.05 Å². The summed E-state index contributed by atoms with van der Waals surface area (Å²) < 4.78 is 11.4. The van der Waals surface area contributed by atoms with Crippen molar-refractivity contribution < 1.29 is 4.74 Å². The van der Waals surface area contributed by atoms with Crippen LogP contribution in [0.4, 0.5) is 0 Å². The number of rotatable bonds is 10. The lowest BCUT2D eigenvalue weighted by atomic mass is 9.97. The van der Waals surface area contributed by atoms with Gasteiger partial charge in [-0.15, -0.1) is 0 Å². The molecule has 4 rings (SSSR count). The summed E-state index contributed by atoms with van der Waals surface area (Å²) in [7, 11) is 1.64. The van der Waals surface area contributed by atoms with Gasteiger partial charge in [-0.2, -0.15) is 0 Å². The molecule has 0 aliphatic carbocycles. The zero-order valence-corrected chi connectivity index (χ0v) is 21.3. The molecule has 0 saturated carbocycles. The number of unbranched alkanes of at least 4 members (excludes halogenated alkanes) is 4. The van der Waals surface area contributed by atoms with E-state index in [1.54, 1.807) is 7.11 Å². The van der Waals surface area contributed by atoms with E-state index in [9.17, 15) is 0 Å². The Bertz CT molecular complexity index is 1370. The molecule has 0 aliphatic rings. The van der Waals surface area contributed by atoms with Crippen molar-refractivity contribution in [2.45, 2.75) is 65.0 Å². The summed E-state index contributed by atoms with van der Waals surface area (Å²) in [6, 6.07) is 8.81. The highest BCUT2D eigenvalue weighted by molar-refractivity contribution is 7.80. The van der Waals surface area contributed by atoms with Gasteiger partial charge in [0.1, 0.15) is 9.28 Å². The number of pyridine rings is 2. The van der Waals surface area contributed by atoms with Crippen molar-refractivity contribution in [1.82, 2.24) is 9.13 Å². The van der Waals surface area contributed by atoms with E-state index >= 15 is 0 Å². The van der Waals surface area contributed by atoms with Crippen molar-refractivity contribution in [1.29, 1.82) is 0 Å². The summed E-state index contributed by atoms with van der Waals surface area (Å²) in [5, 5.41) is 7.97. The molecule has 0 unspecified atom stereocenters. The summed E-state index contributed by atoms with van der Waals surface area (Å²) in [5.41, 5.74) is 0. The van der Waals surface area contributed by atoms with Crippen molar-refractivity contribution in [3.8, 4) is 0 Å². The first-order chi connectivity index (χ1) is 15.5. The molecular formula is C26H30N2OS3. The van der Waals surface area contributed by atoms with Crippen molar-refractivity contribution >= 4 is 74.0 Å². The van der Waals surface area contributed by atoms with Crippen LogP contribution < -0.4 is 0 Å². The molecule has 0 spiro atoms. The van der Waals surface area contributed by atoms with Crippen LogP contribution in [0.25, 0.3) is 32.3 Å². The first-order valence-corrected chi connectivity index (χ1v) is 12.8. The third-order valence-electron chi connectivity index (χ3n) is 6.31. The van der Waals surface area contributed by atoms with Crippen LogP contribution in [0, 0.1) is 9.28 Å². The van der Waals surface area contributed by atoms with E-state index in [1.165, 1.54) is 34.4 Å². The van der Waals surface area contributed by atoms with Gasteiger partial charge in [-0.3, -0.25) is 0 Å². The Labute approximate surface area is 205 Å². The molecule has 2 aromatic carbocycles. The molecule has 0 saturated heterocycles. The van der Waals surface area contributed by atoms with Crippen LogP contribution in [0.5, 0.6) is 0 Å². The highest BCUT2D eigenvalue weighted by Crippen LogP contribution is 2.35.